The highest BCUT2D eigenvalue weighted by Crippen LogP contribution is 2.43. The average Bonchev–Trinajstić information content (AvgIpc) is 3.20. The van der Waals surface area contributed by atoms with Crippen LogP contribution in [0.1, 0.15) is 245 Å². The van der Waals surface area contributed by atoms with Crippen molar-refractivity contribution >= 4 is 19.8 Å². The van der Waals surface area contributed by atoms with Crippen LogP contribution in [0.3, 0.4) is 0 Å². The third-order valence-corrected chi connectivity index (χ3v) is 12.1. The SMILES string of the molecule is CCCCCCCC/C=C\CCCCCCCC(=O)OCC(COP(=O)(O)OCCN(C)C)OC(=O)CCCCCCCCCCCCCCCCCCCCCCC. The molecule has 0 bridgehead atoms. The summed E-state index contributed by atoms with van der Waals surface area (Å²) in [6.07, 6.45) is 46.9. The summed E-state index contributed by atoms with van der Waals surface area (Å²) in [7, 11) is -0.704. The fraction of sp³-hybridized carbons (Fsp3) is 0.918. The fourth-order valence-corrected chi connectivity index (χ4v) is 7.96. The molecule has 0 aliphatic rings. The maximum Gasteiger partial charge on any atom is 0.472 e. The zero-order valence-electron chi connectivity index (χ0n) is 39.2. The van der Waals surface area contributed by atoms with E-state index in [1.807, 2.05) is 19.0 Å². The van der Waals surface area contributed by atoms with Gasteiger partial charge in [0.05, 0.1) is 13.2 Å². The lowest BCUT2D eigenvalue weighted by Gasteiger charge is -2.20. The predicted octanol–water partition coefficient (Wildman–Crippen LogP) is 14.8. The molecule has 0 fully saturated rings. The van der Waals surface area contributed by atoms with Crippen molar-refractivity contribution in [2.45, 2.75) is 251 Å². The first-order valence-corrected chi connectivity index (χ1v) is 26.5. The molecule has 0 amide bonds. The van der Waals surface area contributed by atoms with Crippen LogP contribution in [-0.4, -0.2) is 68.3 Å². The quantitative estimate of drug-likeness (QED) is 0.0277. The molecule has 0 spiro atoms. The van der Waals surface area contributed by atoms with Gasteiger partial charge in [0, 0.05) is 19.4 Å². The maximum absolute atomic E-state index is 12.7. The zero-order valence-corrected chi connectivity index (χ0v) is 40.1. The van der Waals surface area contributed by atoms with E-state index in [-0.39, 0.29) is 32.0 Å². The monoisotopic (exact) mass is 858 g/mol. The minimum absolute atomic E-state index is 0.00957. The molecular weight excluding hydrogens is 762 g/mol. The van der Waals surface area contributed by atoms with Gasteiger partial charge in [-0.05, 0) is 52.6 Å². The Kier molecular flexibility index (Phi) is 43.8. The predicted molar refractivity (Wildman–Crippen MR) is 248 cm³/mol. The number of carbonyl (C=O) groups is 2. The Morgan fingerprint density at radius 2 is 0.864 bits per heavy atom. The van der Waals surface area contributed by atoms with Crippen LogP contribution in [0.4, 0.5) is 0 Å². The molecule has 0 aromatic heterocycles. The van der Waals surface area contributed by atoms with E-state index >= 15 is 0 Å². The minimum Gasteiger partial charge on any atom is -0.462 e. The number of phosphoric acid groups is 1. The maximum atomic E-state index is 12.7. The van der Waals surface area contributed by atoms with Gasteiger partial charge in [0.15, 0.2) is 6.10 Å². The van der Waals surface area contributed by atoms with Crippen molar-refractivity contribution in [3.63, 3.8) is 0 Å². The van der Waals surface area contributed by atoms with E-state index in [2.05, 4.69) is 26.0 Å². The molecule has 0 aromatic carbocycles. The third kappa shape index (κ3) is 46.1. The third-order valence-electron chi connectivity index (χ3n) is 11.1. The Morgan fingerprint density at radius 3 is 1.25 bits per heavy atom. The first kappa shape index (κ1) is 57.8. The summed E-state index contributed by atoms with van der Waals surface area (Å²) >= 11 is 0. The van der Waals surface area contributed by atoms with Gasteiger partial charge >= 0.3 is 19.8 Å². The topological polar surface area (TPSA) is 112 Å². The van der Waals surface area contributed by atoms with Gasteiger partial charge in [-0.3, -0.25) is 18.6 Å². The summed E-state index contributed by atoms with van der Waals surface area (Å²) in [4.78, 5) is 37.1. The molecule has 9 nitrogen and oxygen atoms in total. The van der Waals surface area contributed by atoms with Gasteiger partial charge in [-0.2, -0.15) is 0 Å². The van der Waals surface area contributed by atoms with E-state index in [1.165, 1.54) is 161 Å². The number of ether oxygens (including phenoxy) is 2. The number of hydrogen-bond acceptors (Lipinski definition) is 8. The van der Waals surface area contributed by atoms with Gasteiger partial charge in [-0.15, -0.1) is 0 Å². The van der Waals surface area contributed by atoms with E-state index in [1.54, 1.807) is 0 Å². The number of carbonyl (C=O) groups excluding carboxylic acids is 2. The zero-order chi connectivity index (χ0) is 43.3. The molecule has 350 valence electrons. The second kappa shape index (κ2) is 44.8. The molecule has 0 radical (unpaired) electrons. The summed E-state index contributed by atoms with van der Waals surface area (Å²) in [6.45, 7) is 4.36. The fourth-order valence-electron chi connectivity index (χ4n) is 7.21. The van der Waals surface area contributed by atoms with E-state index in [0.717, 1.165) is 51.4 Å². The number of phosphoric ester groups is 1. The molecule has 10 heteroatoms. The van der Waals surface area contributed by atoms with E-state index in [0.29, 0.717) is 13.0 Å². The summed E-state index contributed by atoms with van der Waals surface area (Å²) in [6, 6.07) is 0. The number of unbranched alkanes of at least 4 members (excludes halogenated alkanes) is 31. The highest BCUT2D eigenvalue weighted by Gasteiger charge is 2.26. The molecule has 0 rings (SSSR count). The van der Waals surface area contributed by atoms with Crippen molar-refractivity contribution in [2.24, 2.45) is 0 Å². The van der Waals surface area contributed by atoms with Crippen LogP contribution in [0.5, 0.6) is 0 Å². The lowest BCUT2D eigenvalue weighted by atomic mass is 10.0. The molecule has 1 N–H and O–H groups in total. The molecule has 0 saturated heterocycles. The van der Waals surface area contributed by atoms with Crippen LogP contribution in [-0.2, 0) is 32.7 Å². The van der Waals surface area contributed by atoms with Gasteiger partial charge < -0.3 is 19.3 Å². The normalized spacial score (nSPS) is 13.3. The molecule has 0 aliphatic carbocycles. The van der Waals surface area contributed by atoms with Crippen LogP contribution in [0.15, 0.2) is 12.2 Å². The molecule has 0 aromatic rings. The van der Waals surface area contributed by atoms with Crippen molar-refractivity contribution < 1.29 is 37.6 Å². The summed E-state index contributed by atoms with van der Waals surface area (Å²) in [5, 5.41) is 0. The van der Waals surface area contributed by atoms with Crippen LogP contribution < -0.4 is 0 Å². The van der Waals surface area contributed by atoms with E-state index in [4.69, 9.17) is 18.5 Å². The Bertz CT molecular complexity index is 993. The molecular formula is C49H96NO8P. The second-order valence-corrected chi connectivity index (χ2v) is 18.8. The van der Waals surface area contributed by atoms with E-state index < -0.39 is 26.5 Å². The number of esters is 2. The minimum atomic E-state index is -4.36. The van der Waals surface area contributed by atoms with Crippen LogP contribution in [0.25, 0.3) is 0 Å². The van der Waals surface area contributed by atoms with Gasteiger partial charge in [0.25, 0.3) is 0 Å². The smallest absolute Gasteiger partial charge is 0.462 e. The molecule has 0 aliphatic heterocycles. The van der Waals surface area contributed by atoms with E-state index in [9.17, 15) is 19.0 Å². The molecule has 59 heavy (non-hydrogen) atoms. The van der Waals surface area contributed by atoms with Crippen LogP contribution in [0.2, 0.25) is 0 Å². The highest BCUT2D eigenvalue weighted by molar-refractivity contribution is 7.47. The highest BCUT2D eigenvalue weighted by atomic mass is 31.2. The Hall–Kier alpha value is -1.25. The second-order valence-electron chi connectivity index (χ2n) is 17.4. The van der Waals surface area contributed by atoms with Gasteiger partial charge in [-0.25, -0.2) is 4.57 Å². The van der Waals surface area contributed by atoms with Crippen molar-refractivity contribution in [3.8, 4) is 0 Å². The molecule has 2 unspecified atom stereocenters. The largest absolute Gasteiger partial charge is 0.472 e. The molecule has 0 saturated carbocycles. The standard InChI is InChI=1S/C49H96NO8P/c1-5-7-9-11-13-15-17-19-21-22-23-24-25-26-28-30-32-34-36-38-40-42-49(52)58-47(46-57-59(53,54)56-44-43-50(3)4)45-55-48(51)41-39-37-35-33-31-29-27-20-18-16-14-12-10-8-6-2/h20,27,47H,5-19,21-26,28-46H2,1-4H3,(H,53,54)/b27-20-. The van der Waals surface area contributed by atoms with Crippen LogP contribution >= 0.6 is 7.82 Å². The first-order chi connectivity index (χ1) is 28.7. The number of allylic oxidation sites excluding steroid dienone is 2. The number of rotatable bonds is 47. The Labute approximate surface area is 364 Å². The van der Waals surface area contributed by atoms with Crippen LogP contribution in [0, 0.1) is 0 Å². The van der Waals surface area contributed by atoms with Gasteiger partial charge in [-0.1, -0.05) is 206 Å². The Morgan fingerprint density at radius 1 is 0.508 bits per heavy atom. The van der Waals surface area contributed by atoms with Gasteiger partial charge in [0.2, 0.25) is 0 Å². The lowest BCUT2D eigenvalue weighted by Crippen LogP contribution is -2.29. The van der Waals surface area contributed by atoms with Crippen molar-refractivity contribution in [2.75, 3.05) is 40.5 Å². The first-order valence-electron chi connectivity index (χ1n) is 25.0. The number of hydrogen-bond donors (Lipinski definition) is 1. The van der Waals surface area contributed by atoms with Gasteiger partial charge in [0.1, 0.15) is 6.61 Å². The van der Waals surface area contributed by atoms with Crippen molar-refractivity contribution in [1.82, 2.24) is 4.90 Å². The lowest BCUT2D eigenvalue weighted by molar-refractivity contribution is -0.161. The average molecular weight is 858 g/mol. The Balaban J connectivity index is 4.15. The molecule has 2 atom stereocenters. The number of likely N-dealkylation sites (N-methyl/N-ethyl adjacent to an activating group) is 1. The summed E-state index contributed by atoms with van der Waals surface area (Å²) in [5.41, 5.74) is 0. The number of nitrogens with zero attached hydrogens (tertiary/aromatic N) is 1. The van der Waals surface area contributed by atoms with Crippen molar-refractivity contribution in [1.29, 1.82) is 0 Å². The summed E-state index contributed by atoms with van der Waals surface area (Å²) in [5.74, 6) is -0.798. The van der Waals surface area contributed by atoms with Crippen molar-refractivity contribution in [3.05, 3.63) is 12.2 Å². The summed E-state index contributed by atoms with van der Waals surface area (Å²) < 4.78 is 33.6. The molecule has 0 heterocycles.